The molecule has 1 N–H and O–H groups in total. The number of oxazole rings is 1. The van der Waals surface area contributed by atoms with Gasteiger partial charge in [-0.15, -0.1) is 0 Å². The molecule has 0 saturated heterocycles. The monoisotopic (exact) mass is 432 g/mol. The second-order valence-electron chi connectivity index (χ2n) is 7.02. The lowest BCUT2D eigenvalue weighted by atomic mass is 10.2. The molecule has 0 fully saturated rings. The zero-order valence-electron chi connectivity index (χ0n) is 17.4. The Morgan fingerprint density at radius 3 is 2.34 bits per heavy atom. The van der Waals surface area contributed by atoms with Gasteiger partial charge in [-0.25, -0.2) is 9.59 Å². The number of nitrogens with zero attached hydrogens (tertiary/aromatic N) is 1. The quantitative estimate of drug-likeness (QED) is 0.454. The van der Waals surface area contributed by atoms with Crippen LogP contribution in [0.4, 0.5) is 5.69 Å². The number of hydrogen-bond acceptors (Lipinski definition) is 6. The topological polar surface area (TPSA) is 99.8 Å². The molecule has 1 atom stereocenters. The molecule has 0 aliphatic heterocycles. The maximum absolute atomic E-state index is 12.8. The highest BCUT2D eigenvalue weighted by molar-refractivity contribution is 5.96. The first-order valence-corrected chi connectivity index (χ1v) is 9.83. The van der Waals surface area contributed by atoms with Crippen molar-refractivity contribution < 1.29 is 23.5 Å². The molecule has 0 radical (unpaired) electrons. The number of para-hydroxylation sites is 1. The van der Waals surface area contributed by atoms with E-state index >= 15 is 0 Å². The van der Waals surface area contributed by atoms with E-state index in [0.717, 1.165) is 0 Å². The van der Waals surface area contributed by atoms with Crippen molar-refractivity contribution in [2.45, 2.75) is 13.0 Å². The van der Waals surface area contributed by atoms with Gasteiger partial charge < -0.3 is 19.2 Å². The van der Waals surface area contributed by atoms with Gasteiger partial charge in [-0.1, -0.05) is 18.2 Å². The van der Waals surface area contributed by atoms with Crippen molar-refractivity contribution in [1.82, 2.24) is 4.57 Å². The normalized spacial score (nSPS) is 11.7. The predicted octanol–water partition coefficient (Wildman–Crippen LogP) is 4.37. The summed E-state index contributed by atoms with van der Waals surface area (Å²) in [6.45, 7) is 1.59. The van der Waals surface area contributed by atoms with E-state index in [1.165, 1.54) is 23.8 Å². The van der Waals surface area contributed by atoms with E-state index in [0.29, 0.717) is 22.7 Å². The van der Waals surface area contributed by atoms with E-state index in [-0.39, 0.29) is 11.1 Å². The largest absolute Gasteiger partial charge is 0.465 e. The van der Waals surface area contributed by atoms with E-state index in [2.05, 4.69) is 10.1 Å². The summed E-state index contributed by atoms with van der Waals surface area (Å²) >= 11 is 0. The first-order chi connectivity index (χ1) is 15.5. The number of nitrogens with one attached hydrogen (secondary N) is 1. The molecule has 8 heteroatoms. The van der Waals surface area contributed by atoms with Gasteiger partial charge >= 0.3 is 11.7 Å². The Labute approximate surface area is 183 Å². The molecule has 32 heavy (non-hydrogen) atoms. The fraction of sp³-hybridized carbons (Fsp3) is 0.125. The van der Waals surface area contributed by atoms with Crippen LogP contribution in [0.5, 0.6) is 11.5 Å². The number of rotatable bonds is 6. The number of methoxy groups -OCH3 is 1. The highest BCUT2D eigenvalue weighted by Gasteiger charge is 2.22. The molecule has 0 spiro atoms. The Bertz CT molecular complexity index is 1320. The lowest BCUT2D eigenvalue weighted by molar-refractivity contribution is -0.118. The summed E-state index contributed by atoms with van der Waals surface area (Å²) in [6.07, 6.45) is 0. The molecule has 0 aliphatic rings. The lowest BCUT2D eigenvalue weighted by Crippen LogP contribution is -2.29. The fourth-order valence-corrected chi connectivity index (χ4v) is 3.24. The van der Waals surface area contributed by atoms with Crippen LogP contribution in [0.1, 0.15) is 23.3 Å². The molecular weight excluding hydrogens is 412 g/mol. The maximum Gasteiger partial charge on any atom is 0.420 e. The predicted molar refractivity (Wildman–Crippen MR) is 118 cm³/mol. The molecule has 4 rings (SSSR count). The van der Waals surface area contributed by atoms with Crippen molar-refractivity contribution in [2.24, 2.45) is 0 Å². The average Bonchev–Trinajstić information content (AvgIpc) is 3.14. The Kier molecular flexibility index (Phi) is 5.76. The number of fused-ring (bicyclic) bond motifs is 1. The maximum atomic E-state index is 12.8. The van der Waals surface area contributed by atoms with Crippen LogP contribution < -0.4 is 15.8 Å². The standard InChI is InChI=1S/C24H20N2O6/c1-15(26-20-13-8-16(23(28)30-2)14-21(20)32-24(26)29)22(27)25-17-9-11-19(12-10-17)31-18-6-4-3-5-7-18/h3-15H,1-2H3,(H,25,27). The van der Waals surface area contributed by atoms with Gasteiger partial charge in [-0.2, -0.15) is 0 Å². The van der Waals surface area contributed by atoms with Crippen molar-refractivity contribution in [3.63, 3.8) is 0 Å². The first kappa shape index (κ1) is 20.9. The molecule has 0 aliphatic carbocycles. The van der Waals surface area contributed by atoms with Gasteiger partial charge in [0.15, 0.2) is 5.58 Å². The number of anilines is 1. The highest BCUT2D eigenvalue weighted by atomic mass is 16.5. The summed E-state index contributed by atoms with van der Waals surface area (Å²) in [4.78, 5) is 36.9. The van der Waals surface area contributed by atoms with Crippen LogP contribution in [0.3, 0.4) is 0 Å². The van der Waals surface area contributed by atoms with Crippen LogP contribution in [-0.2, 0) is 9.53 Å². The molecule has 1 heterocycles. The summed E-state index contributed by atoms with van der Waals surface area (Å²) in [5.74, 6) is -0.312. The average molecular weight is 432 g/mol. The number of ether oxygens (including phenoxy) is 2. The second kappa shape index (κ2) is 8.81. The van der Waals surface area contributed by atoms with Gasteiger partial charge in [-0.05, 0) is 61.5 Å². The minimum absolute atomic E-state index is 0.194. The van der Waals surface area contributed by atoms with Gasteiger partial charge in [0, 0.05) is 5.69 Å². The molecule has 3 aromatic carbocycles. The zero-order valence-corrected chi connectivity index (χ0v) is 17.4. The van der Waals surface area contributed by atoms with Gasteiger partial charge in [-0.3, -0.25) is 9.36 Å². The summed E-state index contributed by atoms with van der Waals surface area (Å²) in [6, 6.07) is 19.9. The number of esters is 1. The smallest absolute Gasteiger partial charge is 0.420 e. The van der Waals surface area contributed by atoms with Crippen LogP contribution in [0.15, 0.2) is 82.0 Å². The SMILES string of the molecule is COC(=O)c1ccc2c(c1)oc(=O)n2C(C)C(=O)Nc1ccc(Oc2ccccc2)cc1. The van der Waals surface area contributed by atoms with E-state index in [4.69, 9.17) is 9.15 Å². The summed E-state index contributed by atoms with van der Waals surface area (Å²) in [5.41, 5.74) is 1.39. The summed E-state index contributed by atoms with van der Waals surface area (Å²) < 4.78 is 16.9. The third-order valence-corrected chi connectivity index (χ3v) is 4.90. The molecule has 1 unspecified atom stereocenters. The van der Waals surface area contributed by atoms with Crippen LogP contribution >= 0.6 is 0 Å². The fourth-order valence-electron chi connectivity index (χ4n) is 3.24. The number of amides is 1. The molecule has 1 amide bonds. The molecule has 8 nitrogen and oxygen atoms in total. The zero-order chi connectivity index (χ0) is 22.7. The van der Waals surface area contributed by atoms with Crippen LogP contribution in [0.2, 0.25) is 0 Å². The van der Waals surface area contributed by atoms with Crippen LogP contribution in [0.25, 0.3) is 11.1 Å². The van der Waals surface area contributed by atoms with E-state index in [1.807, 2.05) is 30.3 Å². The van der Waals surface area contributed by atoms with Gasteiger partial charge in [0.2, 0.25) is 5.91 Å². The lowest BCUT2D eigenvalue weighted by Gasteiger charge is -2.14. The van der Waals surface area contributed by atoms with Gasteiger partial charge in [0.05, 0.1) is 18.2 Å². The van der Waals surface area contributed by atoms with Crippen molar-refractivity contribution in [1.29, 1.82) is 0 Å². The Morgan fingerprint density at radius 2 is 1.66 bits per heavy atom. The number of carbonyl (C=O) groups excluding carboxylic acids is 2. The van der Waals surface area contributed by atoms with Crippen molar-refractivity contribution in [3.05, 3.63) is 88.9 Å². The van der Waals surface area contributed by atoms with Gasteiger partial charge in [0.25, 0.3) is 0 Å². The van der Waals surface area contributed by atoms with Crippen LogP contribution in [-0.4, -0.2) is 23.6 Å². The molecule has 4 aromatic rings. The Hall–Kier alpha value is -4.33. The molecule has 0 bridgehead atoms. The number of carbonyl (C=O) groups is 2. The second-order valence-corrected chi connectivity index (χ2v) is 7.02. The minimum atomic E-state index is -0.854. The molecule has 162 valence electrons. The van der Waals surface area contributed by atoms with E-state index in [1.54, 1.807) is 37.3 Å². The van der Waals surface area contributed by atoms with E-state index in [9.17, 15) is 14.4 Å². The Morgan fingerprint density at radius 1 is 0.969 bits per heavy atom. The molecule has 0 saturated carbocycles. The van der Waals surface area contributed by atoms with Gasteiger partial charge in [0.1, 0.15) is 17.5 Å². The van der Waals surface area contributed by atoms with Crippen LogP contribution in [0, 0.1) is 0 Å². The van der Waals surface area contributed by atoms with Crippen molar-refractivity contribution in [2.75, 3.05) is 12.4 Å². The van der Waals surface area contributed by atoms with Crippen molar-refractivity contribution >= 4 is 28.7 Å². The number of aromatic nitrogens is 1. The van der Waals surface area contributed by atoms with E-state index < -0.39 is 23.7 Å². The number of hydrogen-bond donors (Lipinski definition) is 1. The minimum Gasteiger partial charge on any atom is -0.465 e. The summed E-state index contributed by atoms with van der Waals surface area (Å²) in [7, 11) is 1.26. The number of benzene rings is 3. The third-order valence-electron chi connectivity index (χ3n) is 4.90. The van der Waals surface area contributed by atoms with Crippen molar-refractivity contribution in [3.8, 4) is 11.5 Å². The third kappa shape index (κ3) is 4.24. The Balaban J connectivity index is 1.50. The first-order valence-electron chi connectivity index (χ1n) is 9.83. The molecular formula is C24H20N2O6. The highest BCUT2D eigenvalue weighted by Crippen LogP contribution is 2.24. The summed E-state index contributed by atoms with van der Waals surface area (Å²) in [5, 5.41) is 2.78. The molecule has 1 aromatic heterocycles.